The first kappa shape index (κ1) is 23.5. The zero-order valence-electron chi connectivity index (χ0n) is 17.8. The predicted octanol–water partition coefficient (Wildman–Crippen LogP) is 3.00. The van der Waals surface area contributed by atoms with Crippen LogP contribution in [0.15, 0.2) is 48.5 Å². The van der Waals surface area contributed by atoms with Gasteiger partial charge in [0.25, 0.3) is 0 Å². The molecule has 0 heterocycles. The highest BCUT2D eigenvalue weighted by molar-refractivity contribution is 7.92. The van der Waals surface area contributed by atoms with Crippen LogP contribution in [0.2, 0.25) is 0 Å². The van der Waals surface area contributed by atoms with Gasteiger partial charge in [-0.3, -0.25) is 9.10 Å². The molecule has 1 amide bonds. The Labute approximate surface area is 179 Å². The van der Waals surface area contributed by atoms with Crippen molar-refractivity contribution in [1.29, 1.82) is 0 Å². The molecule has 0 aliphatic heterocycles. The lowest BCUT2D eigenvalue weighted by molar-refractivity contribution is -0.119. The van der Waals surface area contributed by atoms with Crippen molar-refractivity contribution in [2.75, 3.05) is 36.9 Å². The van der Waals surface area contributed by atoms with E-state index in [-0.39, 0.29) is 12.5 Å². The van der Waals surface area contributed by atoms with E-state index >= 15 is 0 Å². The van der Waals surface area contributed by atoms with Gasteiger partial charge in [-0.05, 0) is 56.5 Å². The second-order valence-corrected chi connectivity index (χ2v) is 8.64. The first-order chi connectivity index (χ1) is 14.3. The number of nitrogens with one attached hydrogen (secondary N) is 1. The Bertz CT molecular complexity index is 913. The van der Waals surface area contributed by atoms with Gasteiger partial charge in [0.1, 0.15) is 18.0 Å². The average Bonchev–Trinajstić information content (AvgIpc) is 2.70. The van der Waals surface area contributed by atoms with E-state index in [1.54, 1.807) is 24.3 Å². The second kappa shape index (κ2) is 11.4. The molecule has 0 unspecified atom stereocenters. The van der Waals surface area contributed by atoms with E-state index in [1.165, 1.54) is 0 Å². The minimum Gasteiger partial charge on any atom is -0.494 e. The van der Waals surface area contributed by atoms with E-state index in [0.29, 0.717) is 31.2 Å². The molecule has 0 radical (unpaired) electrons. The van der Waals surface area contributed by atoms with E-state index < -0.39 is 10.0 Å². The third-order valence-electron chi connectivity index (χ3n) is 4.30. The first-order valence-electron chi connectivity index (χ1n) is 10.0. The van der Waals surface area contributed by atoms with Gasteiger partial charge in [0.2, 0.25) is 15.9 Å². The summed E-state index contributed by atoms with van der Waals surface area (Å²) in [4.78, 5) is 12.3. The Morgan fingerprint density at radius 1 is 1.00 bits per heavy atom. The Balaban J connectivity index is 1.88. The van der Waals surface area contributed by atoms with Crippen LogP contribution in [0, 0.1) is 0 Å². The van der Waals surface area contributed by atoms with Gasteiger partial charge in [0.15, 0.2) is 0 Å². The number of carbonyl (C=O) groups is 1. The number of amides is 1. The standard InChI is InChI=1S/C22H30N2O5S/c1-4-28-20-13-11-18(12-14-20)8-7-15-23-22(25)17-24(30(3,26)27)19-9-6-10-21(16-19)29-5-2/h6,9-14,16H,4-5,7-8,15,17H2,1-3H3,(H,23,25). The zero-order chi connectivity index (χ0) is 22.0. The van der Waals surface area contributed by atoms with Crippen LogP contribution < -0.4 is 19.1 Å². The summed E-state index contributed by atoms with van der Waals surface area (Å²) in [7, 11) is -3.62. The molecule has 8 heteroatoms. The van der Waals surface area contributed by atoms with Crippen molar-refractivity contribution in [2.45, 2.75) is 26.7 Å². The van der Waals surface area contributed by atoms with Crippen molar-refractivity contribution in [3.63, 3.8) is 0 Å². The lowest BCUT2D eigenvalue weighted by atomic mass is 10.1. The van der Waals surface area contributed by atoms with Crippen LogP contribution in [0.4, 0.5) is 5.69 Å². The summed E-state index contributed by atoms with van der Waals surface area (Å²) in [6, 6.07) is 14.6. The second-order valence-electron chi connectivity index (χ2n) is 6.73. The van der Waals surface area contributed by atoms with Gasteiger partial charge in [0.05, 0.1) is 25.2 Å². The molecule has 0 saturated heterocycles. The number of carbonyl (C=O) groups excluding carboxylic acids is 1. The molecule has 0 aliphatic rings. The molecule has 164 valence electrons. The fourth-order valence-electron chi connectivity index (χ4n) is 2.92. The van der Waals surface area contributed by atoms with Crippen LogP contribution in [-0.4, -0.2) is 46.9 Å². The molecule has 0 bridgehead atoms. The van der Waals surface area contributed by atoms with Crippen molar-refractivity contribution in [2.24, 2.45) is 0 Å². The van der Waals surface area contributed by atoms with Gasteiger partial charge < -0.3 is 14.8 Å². The number of rotatable bonds is 12. The van der Waals surface area contributed by atoms with Gasteiger partial charge in [-0.25, -0.2) is 8.42 Å². The molecule has 1 N–H and O–H groups in total. The van der Waals surface area contributed by atoms with Crippen molar-refractivity contribution in [1.82, 2.24) is 5.32 Å². The number of ether oxygens (including phenoxy) is 2. The highest BCUT2D eigenvalue weighted by Gasteiger charge is 2.21. The summed E-state index contributed by atoms with van der Waals surface area (Å²) in [5.41, 5.74) is 1.55. The molecule has 0 aliphatic carbocycles. The number of anilines is 1. The maximum absolute atomic E-state index is 12.3. The van der Waals surface area contributed by atoms with Crippen molar-refractivity contribution < 1.29 is 22.7 Å². The maximum atomic E-state index is 12.3. The third kappa shape index (κ3) is 7.59. The highest BCUT2D eigenvalue weighted by atomic mass is 32.2. The summed E-state index contributed by atoms with van der Waals surface area (Å²) in [6.45, 7) is 5.07. The molecular weight excluding hydrogens is 404 g/mol. The SMILES string of the molecule is CCOc1ccc(CCCNC(=O)CN(c2cccc(OCC)c2)S(C)(=O)=O)cc1. The van der Waals surface area contributed by atoms with E-state index in [0.717, 1.165) is 34.7 Å². The Morgan fingerprint density at radius 3 is 2.30 bits per heavy atom. The summed E-state index contributed by atoms with van der Waals surface area (Å²) >= 11 is 0. The van der Waals surface area contributed by atoms with Crippen LogP contribution in [0.3, 0.4) is 0 Å². The Hall–Kier alpha value is -2.74. The van der Waals surface area contributed by atoms with Crippen molar-refractivity contribution in [3.8, 4) is 11.5 Å². The van der Waals surface area contributed by atoms with Crippen molar-refractivity contribution >= 4 is 21.6 Å². The van der Waals surface area contributed by atoms with Crippen LogP contribution in [-0.2, 0) is 21.2 Å². The summed E-state index contributed by atoms with van der Waals surface area (Å²) in [6.07, 6.45) is 2.64. The molecule has 0 aromatic heterocycles. The van der Waals surface area contributed by atoms with Crippen LogP contribution in [0.25, 0.3) is 0 Å². The van der Waals surface area contributed by atoms with Gasteiger partial charge in [-0.1, -0.05) is 18.2 Å². The molecule has 2 rings (SSSR count). The molecule has 30 heavy (non-hydrogen) atoms. The van der Waals surface area contributed by atoms with E-state index in [4.69, 9.17) is 9.47 Å². The Kier molecular flexibility index (Phi) is 8.98. The largest absolute Gasteiger partial charge is 0.494 e. The fourth-order valence-corrected chi connectivity index (χ4v) is 3.77. The minimum absolute atomic E-state index is 0.280. The average molecular weight is 435 g/mol. The van der Waals surface area contributed by atoms with E-state index in [9.17, 15) is 13.2 Å². The topological polar surface area (TPSA) is 84.9 Å². The smallest absolute Gasteiger partial charge is 0.240 e. The summed E-state index contributed by atoms with van der Waals surface area (Å²) < 4.78 is 36.4. The van der Waals surface area contributed by atoms with Gasteiger partial charge in [-0.15, -0.1) is 0 Å². The van der Waals surface area contributed by atoms with Crippen LogP contribution in [0.5, 0.6) is 11.5 Å². The summed E-state index contributed by atoms with van der Waals surface area (Å²) in [5.74, 6) is 1.04. The maximum Gasteiger partial charge on any atom is 0.240 e. The lowest BCUT2D eigenvalue weighted by Gasteiger charge is -2.22. The number of hydrogen-bond acceptors (Lipinski definition) is 5. The predicted molar refractivity (Wildman–Crippen MR) is 119 cm³/mol. The third-order valence-corrected chi connectivity index (χ3v) is 5.44. The molecule has 0 fully saturated rings. The highest BCUT2D eigenvalue weighted by Crippen LogP contribution is 2.23. The fraction of sp³-hybridized carbons (Fsp3) is 0.409. The summed E-state index contributed by atoms with van der Waals surface area (Å²) in [5, 5.41) is 2.80. The number of benzene rings is 2. The Morgan fingerprint density at radius 2 is 1.67 bits per heavy atom. The molecule has 2 aromatic carbocycles. The van der Waals surface area contributed by atoms with Crippen molar-refractivity contribution in [3.05, 3.63) is 54.1 Å². The molecule has 0 atom stereocenters. The van der Waals surface area contributed by atoms with Gasteiger partial charge >= 0.3 is 0 Å². The van der Waals surface area contributed by atoms with E-state index in [1.807, 2.05) is 38.1 Å². The quantitative estimate of drug-likeness (QED) is 0.519. The van der Waals surface area contributed by atoms with E-state index in [2.05, 4.69) is 5.32 Å². The minimum atomic E-state index is -3.62. The van der Waals surface area contributed by atoms with Gasteiger partial charge in [-0.2, -0.15) is 0 Å². The number of nitrogens with zero attached hydrogens (tertiary/aromatic N) is 1. The monoisotopic (exact) mass is 434 g/mol. The molecule has 0 saturated carbocycles. The number of hydrogen-bond donors (Lipinski definition) is 1. The lowest BCUT2D eigenvalue weighted by Crippen LogP contribution is -2.40. The zero-order valence-corrected chi connectivity index (χ0v) is 18.6. The number of sulfonamides is 1. The van der Waals surface area contributed by atoms with Gasteiger partial charge in [0, 0.05) is 12.6 Å². The molecule has 0 spiro atoms. The van der Waals surface area contributed by atoms with Crippen LogP contribution in [0.1, 0.15) is 25.8 Å². The molecule has 7 nitrogen and oxygen atoms in total. The van der Waals surface area contributed by atoms with Crippen LogP contribution >= 0.6 is 0 Å². The number of aryl methyl sites for hydroxylation is 1. The molecular formula is C22H30N2O5S. The molecule has 2 aromatic rings. The first-order valence-corrected chi connectivity index (χ1v) is 11.9. The normalized spacial score (nSPS) is 11.0.